The minimum atomic E-state index is -1.69. The van der Waals surface area contributed by atoms with Gasteiger partial charge in [0.25, 0.3) is 0 Å². The van der Waals surface area contributed by atoms with E-state index in [2.05, 4.69) is 0 Å². The van der Waals surface area contributed by atoms with Gasteiger partial charge in [-0.2, -0.15) is 0 Å². The van der Waals surface area contributed by atoms with E-state index in [0.29, 0.717) is 0 Å². The van der Waals surface area contributed by atoms with Gasteiger partial charge in [0.15, 0.2) is 18.6 Å². The van der Waals surface area contributed by atoms with Gasteiger partial charge in [0.2, 0.25) is 0 Å². The third-order valence-electron chi connectivity index (χ3n) is 2.50. The SMILES string of the molecule is CC(C)(C)OC(=O)COC(=O)C(C)(C)C(=O)OCC(=O)OC(C)(C)C. The van der Waals surface area contributed by atoms with Gasteiger partial charge in [-0.05, 0) is 55.4 Å². The van der Waals surface area contributed by atoms with Crippen LogP contribution in [-0.2, 0) is 38.1 Å². The summed E-state index contributed by atoms with van der Waals surface area (Å²) in [4.78, 5) is 47.1. The van der Waals surface area contributed by atoms with Gasteiger partial charge in [-0.3, -0.25) is 9.59 Å². The van der Waals surface area contributed by atoms with E-state index in [4.69, 9.17) is 18.9 Å². The minimum Gasteiger partial charge on any atom is -0.457 e. The van der Waals surface area contributed by atoms with Crippen LogP contribution in [0, 0.1) is 5.41 Å². The zero-order valence-electron chi connectivity index (χ0n) is 16.2. The fourth-order valence-electron chi connectivity index (χ4n) is 1.44. The summed E-state index contributed by atoms with van der Waals surface area (Å²) < 4.78 is 19.6. The van der Waals surface area contributed by atoms with Crippen LogP contribution in [0.1, 0.15) is 55.4 Å². The number of hydrogen-bond acceptors (Lipinski definition) is 8. The maximum atomic E-state index is 12.0. The number of ether oxygens (including phenoxy) is 4. The van der Waals surface area contributed by atoms with Gasteiger partial charge in [0.1, 0.15) is 11.2 Å². The number of hydrogen-bond donors (Lipinski definition) is 0. The summed E-state index contributed by atoms with van der Waals surface area (Å²) in [7, 11) is 0. The Morgan fingerprint density at radius 1 is 0.600 bits per heavy atom. The van der Waals surface area contributed by atoms with Crippen LogP contribution >= 0.6 is 0 Å². The third-order valence-corrected chi connectivity index (χ3v) is 2.50. The van der Waals surface area contributed by atoms with Crippen molar-refractivity contribution in [3.8, 4) is 0 Å². The predicted molar refractivity (Wildman–Crippen MR) is 87.4 cm³/mol. The molecule has 0 heterocycles. The first kappa shape index (κ1) is 22.9. The molecule has 0 aromatic rings. The molecule has 0 N–H and O–H groups in total. The summed E-state index contributed by atoms with van der Waals surface area (Å²) in [6, 6.07) is 0. The maximum Gasteiger partial charge on any atom is 0.344 e. The average molecular weight is 360 g/mol. The number of rotatable bonds is 6. The standard InChI is InChI=1S/C17H28O8/c1-15(2,3)24-11(18)9-22-13(20)17(7,8)14(21)23-10-12(19)25-16(4,5)6/h9-10H2,1-8H3. The highest BCUT2D eigenvalue weighted by Crippen LogP contribution is 2.20. The molecule has 0 unspecified atom stereocenters. The van der Waals surface area contributed by atoms with Crippen LogP contribution in [0.3, 0.4) is 0 Å². The van der Waals surface area contributed by atoms with E-state index in [1.165, 1.54) is 13.8 Å². The molecule has 0 aromatic heterocycles. The Labute approximate surface area is 148 Å². The van der Waals surface area contributed by atoms with Crippen molar-refractivity contribution in [3.63, 3.8) is 0 Å². The quantitative estimate of drug-likeness (QED) is 0.401. The average Bonchev–Trinajstić information content (AvgIpc) is 2.38. The van der Waals surface area contributed by atoms with Crippen molar-refractivity contribution in [2.45, 2.75) is 66.6 Å². The van der Waals surface area contributed by atoms with Gasteiger partial charge in [0, 0.05) is 0 Å². The molecule has 0 fully saturated rings. The van der Waals surface area contributed by atoms with Crippen molar-refractivity contribution < 1.29 is 38.1 Å². The number of esters is 4. The van der Waals surface area contributed by atoms with Gasteiger partial charge in [-0.25, -0.2) is 9.59 Å². The van der Waals surface area contributed by atoms with Gasteiger partial charge in [-0.15, -0.1) is 0 Å². The normalized spacial score (nSPS) is 12.2. The van der Waals surface area contributed by atoms with Crippen LogP contribution in [0.4, 0.5) is 0 Å². The molecule has 0 saturated heterocycles. The lowest BCUT2D eigenvalue weighted by Gasteiger charge is -2.23. The summed E-state index contributed by atoms with van der Waals surface area (Å²) in [5.74, 6) is -3.40. The molecule has 25 heavy (non-hydrogen) atoms. The van der Waals surface area contributed by atoms with Crippen molar-refractivity contribution in [1.82, 2.24) is 0 Å². The lowest BCUT2D eigenvalue weighted by atomic mass is 9.94. The van der Waals surface area contributed by atoms with Gasteiger partial charge < -0.3 is 18.9 Å². The monoisotopic (exact) mass is 360 g/mol. The van der Waals surface area contributed by atoms with Crippen molar-refractivity contribution in [2.24, 2.45) is 5.41 Å². The van der Waals surface area contributed by atoms with Crippen molar-refractivity contribution >= 4 is 23.9 Å². The summed E-state index contributed by atoms with van der Waals surface area (Å²) in [5, 5.41) is 0. The Bertz CT molecular complexity index is 474. The molecule has 0 aliphatic rings. The molecular formula is C17H28O8. The van der Waals surface area contributed by atoms with Crippen molar-refractivity contribution in [1.29, 1.82) is 0 Å². The highest BCUT2D eigenvalue weighted by Gasteiger charge is 2.40. The van der Waals surface area contributed by atoms with E-state index in [0.717, 1.165) is 0 Å². The first-order valence-corrected chi connectivity index (χ1v) is 7.83. The molecule has 0 amide bonds. The van der Waals surface area contributed by atoms with Gasteiger partial charge in [-0.1, -0.05) is 0 Å². The molecule has 0 saturated carbocycles. The fourth-order valence-corrected chi connectivity index (χ4v) is 1.44. The predicted octanol–water partition coefficient (Wildman–Crippen LogP) is 1.78. The number of carbonyl (C=O) groups excluding carboxylic acids is 4. The molecule has 0 radical (unpaired) electrons. The van der Waals surface area contributed by atoms with Crippen molar-refractivity contribution in [2.75, 3.05) is 13.2 Å². The van der Waals surface area contributed by atoms with E-state index < -0.39 is 53.7 Å². The second kappa shape index (κ2) is 8.31. The van der Waals surface area contributed by atoms with E-state index in [-0.39, 0.29) is 0 Å². The summed E-state index contributed by atoms with van der Waals surface area (Å²) >= 11 is 0. The molecule has 0 atom stereocenters. The molecule has 144 valence electrons. The van der Waals surface area contributed by atoms with Crippen LogP contribution in [0.25, 0.3) is 0 Å². The van der Waals surface area contributed by atoms with Crippen LogP contribution < -0.4 is 0 Å². The Kier molecular flexibility index (Phi) is 7.61. The van der Waals surface area contributed by atoms with Crippen molar-refractivity contribution in [3.05, 3.63) is 0 Å². The van der Waals surface area contributed by atoms with E-state index >= 15 is 0 Å². The zero-order chi connectivity index (χ0) is 20.1. The van der Waals surface area contributed by atoms with Crippen LogP contribution in [0.5, 0.6) is 0 Å². The lowest BCUT2D eigenvalue weighted by molar-refractivity contribution is -0.180. The second-order valence-corrected chi connectivity index (χ2v) is 7.95. The molecule has 0 rings (SSSR count). The molecule has 0 bridgehead atoms. The Balaban J connectivity index is 4.53. The Morgan fingerprint density at radius 3 is 1.12 bits per heavy atom. The maximum absolute atomic E-state index is 12.0. The molecule has 8 heteroatoms. The van der Waals surface area contributed by atoms with E-state index in [9.17, 15) is 19.2 Å². The smallest absolute Gasteiger partial charge is 0.344 e. The first-order valence-electron chi connectivity index (χ1n) is 7.83. The largest absolute Gasteiger partial charge is 0.457 e. The topological polar surface area (TPSA) is 105 Å². The summed E-state index contributed by atoms with van der Waals surface area (Å²) in [5.41, 5.74) is -3.12. The molecule has 8 nitrogen and oxygen atoms in total. The lowest BCUT2D eigenvalue weighted by Crippen LogP contribution is -2.39. The van der Waals surface area contributed by atoms with E-state index in [1.54, 1.807) is 41.5 Å². The Hall–Kier alpha value is -2.12. The zero-order valence-corrected chi connectivity index (χ0v) is 16.2. The fraction of sp³-hybridized carbons (Fsp3) is 0.765. The highest BCUT2D eigenvalue weighted by molar-refractivity contribution is 6.00. The van der Waals surface area contributed by atoms with Gasteiger partial charge in [0.05, 0.1) is 0 Å². The summed E-state index contributed by atoms with van der Waals surface area (Å²) in [6.07, 6.45) is 0. The van der Waals surface area contributed by atoms with Crippen LogP contribution in [0.2, 0.25) is 0 Å². The first-order chi connectivity index (χ1) is 11.0. The molecule has 0 spiro atoms. The molecule has 0 aliphatic heterocycles. The van der Waals surface area contributed by atoms with Gasteiger partial charge >= 0.3 is 23.9 Å². The molecule has 0 aliphatic carbocycles. The number of carbonyl (C=O) groups is 4. The van der Waals surface area contributed by atoms with Crippen LogP contribution in [0.15, 0.2) is 0 Å². The van der Waals surface area contributed by atoms with Crippen LogP contribution in [-0.4, -0.2) is 48.3 Å². The second-order valence-electron chi connectivity index (χ2n) is 7.95. The Morgan fingerprint density at radius 2 is 0.880 bits per heavy atom. The minimum absolute atomic E-state index is 0.626. The molecular weight excluding hydrogens is 332 g/mol. The third kappa shape index (κ3) is 9.69. The highest BCUT2D eigenvalue weighted by atomic mass is 16.6. The molecule has 0 aromatic carbocycles. The van der Waals surface area contributed by atoms with E-state index in [1.807, 2.05) is 0 Å². The summed E-state index contributed by atoms with van der Waals surface area (Å²) in [6.45, 7) is 11.3.